The average Bonchev–Trinajstić information content (AvgIpc) is 2.35. The standard InChI is InChI=1S/C12H12N4/c1-3-9(4-2)13-12-14-10-7-5-6-8-11(10)15-16-12/h1,5-9H,4H2,2H3,(H,13,14,16). The highest BCUT2D eigenvalue weighted by atomic mass is 15.2. The molecule has 0 saturated heterocycles. The fourth-order valence-corrected chi connectivity index (χ4v) is 1.36. The van der Waals surface area contributed by atoms with E-state index in [1.165, 1.54) is 0 Å². The second-order valence-electron chi connectivity index (χ2n) is 3.40. The molecule has 0 radical (unpaired) electrons. The molecule has 4 nitrogen and oxygen atoms in total. The molecule has 0 spiro atoms. The van der Waals surface area contributed by atoms with E-state index in [0.29, 0.717) is 5.95 Å². The zero-order chi connectivity index (χ0) is 11.4. The van der Waals surface area contributed by atoms with Crippen LogP contribution < -0.4 is 5.32 Å². The molecule has 4 heteroatoms. The Balaban J connectivity index is 2.30. The van der Waals surface area contributed by atoms with Crippen LogP contribution in [-0.4, -0.2) is 21.2 Å². The lowest BCUT2D eigenvalue weighted by Gasteiger charge is -2.09. The summed E-state index contributed by atoms with van der Waals surface area (Å²) in [5.41, 5.74) is 1.59. The van der Waals surface area contributed by atoms with Gasteiger partial charge in [0.05, 0.1) is 11.6 Å². The zero-order valence-electron chi connectivity index (χ0n) is 9.01. The van der Waals surface area contributed by atoms with Gasteiger partial charge in [-0.2, -0.15) is 0 Å². The van der Waals surface area contributed by atoms with E-state index < -0.39 is 0 Å². The van der Waals surface area contributed by atoms with Gasteiger partial charge in [0.25, 0.3) is 0 Å². The third-order valence-corrected chi connectivity index (χ3v) is 2.27. The summed E-state index contributed by atoms with van der Waals surface area (Å²) in [5, 5.41) is 11.1. The highest BCUT2D eigenvalue weighted by Crippen LogP contribution is 2.09. The minimum absolute atomic E-state index is 0.0528. The molecule has 0 fully saturated rings. The number of terminal acetylenes is 1. The molecule has 1 aromatic heterocycles. The van der Waals surface area contributed by atoms with Crippen LogP contribution >= 0.6 is 0 Å². The highest BCUT2D eigenvalue weighted by Gasteiger charge is 2.05. The molecule has 0 saturated carbocycles. The molecule has 0 aliphatic heterocycles. The molecule has 1 aromatic carbocycles. The minimum atomic E-state index is -0.0528. The molecule has 0 amide bonds. The van der Waals surface area contributed by atoms with E-state index in [2.05, 4.69) is 26.4 Å². The number of hydrogen-bond donors (Lipinski definition) is 1. The summed E-state index contributed by atoms with van der Waals surface area (Å²) in [6.07, 6.45) is 6.18. The van der Waals surface area contributed by atoms with Crippen LogP contribution in [-0.2, 0) is 0 Å². The lowest BCUT2D eigenvalue weighted by Crippen LogP contribution is -2.18. The van der Waals surface area contributed by atoms with Crippen LogP contribution in [0.25, 0.3) is 11.0 Å². The largest absolute Gasteiger partial charge is 0.339 e. The van der Waals surface area contributed by atoms with Crippen LogP contribution in [0, 0.1) is 12.3 Å². The van der Waals surface area contributed by atoms with Gasteiger partial charge in [0, 0.05) is 0 Å². The minimum Gasteiger partial charge on any atom is -0.339 e. The Kier molecular flexibility index (Phi) is 2.97. The number of anilines is 1. The zero-order valence-corrected chi connectivity index (χ0v) is 9.01. The van der Waals surface area contributed by atoms with Crippen LogP contribution in [0.1, 0.15) is 13.3 Å². The maximum Gasteiger partial charge on any atom is 0.244 e. The second-order valence-corrected chi connectivity index (χ2v) is 3.40. The Bertz CT molecular complexity index is 530. The monoisotopic (exact) mass is 212 g/mol. The van der Waals surface area contributed by atoms with Crippen molar-refractivity contribution in [3.8, 4) is 12.3 Å². The highest BCUT2D eigenvalue weighted by molar-refractivity contribution is 5.74. The van der Waals surface area contributed by atoms with Crippen molar-refractivity contribution in [3.05, 3.63) is 24.3 Å². The second kappa shape index (κ2) is 4.58. The number of para-hydroxylation sites is 1. The summed E-state index contributed by atoms with van der Waals surface area (Å²) in [6.45, 7) is 2.01. The molecular weight excluding hydrogens is 200 g/mol. The summed E-state index contributed by atoms with van der Waals surface area (Å²) in [7, 11) is 0. The maximum absolute atomic E-state index is 5.36. The molecule has 0 aliphatic carbocycles. The van der Waals surface area contributed by atoms with Gasteiger partial charge in [0.1, 0.15) is 5.52 Å². The average molecular weight is 212 g/mol. The molecule has 80 valence electrons. The van der Waals surface area contributed by atoms with E-state index in [1.54, 1.807) is 0 Å². The maximum atomic E-state index is 5.36. The summed E-state index contributed by atoms with van der Waals surface area (Å²) in [4.78, 5) is 4.33. The fourth-order valence-electron chi connectivity index (χ4n) is 1.36. The van der Waals surface area contributed by atoms with Crippen LogP contribution in [0.5, 0.6) is 0 Å². The molecule has 1 atom stereocenters. The van der Waals surface area contributed by atoms with Crippen molar-refractivity contribution in [1.82, 2.24) is 15.2 Å². The van der Waals surface area contributed by atoms with Gasteiger partial charge in [-0.3, -0.25) is 0 Å². The van der Waals surface area contributed by atoms with Crippen molar-refractivity contribution < 1.29 is 0 Å². The number of benzene rings is 1. The van der Waals surface area contributed by atoms with E-state index in [1.807, 2.05) is 31.2 Å². The van der Waals surface area contributed by atoms with E-state index in [9.17, 15) is 0 Å². The molecule has 2 aromatic rings. The van der Waals surface area contributed by atoms with Crippen LogP contribution in [0.3, 0.4) is 0 Å². The van der Waals surface area contributed by atoms with Gasteiger partial charge in [0.2, 0.25) is 5.95 Å². The van der Waals surface area contributed by atoms with Crippen molar-refractivity contribution in [2.24, 2.45) is 0 Å². The Hall–Kier alpha value is -2.15. The van der Waals surface area contributed by atoms with E-state index in [4.69, 9.17) is 6.42 Å². The van der Waals surface area contributed by atoms with E-state index >= 15 is 0 Å². The Labute approximate surface area is 94.1 Å². The third kappa shape index (κ3) is 2.09. The number of hydrogen-bond acceptors (Lipinski definition) is 4. The number of aromatic nitrogens is 3. The van der Waals surface area contributed by atoms with Crippen molar-refractivity contribution in [2.45, 2.75) is 19.4 Å². The molecule has 0 aliphatic rings. The molecule has 1 N–H and O–H groups in total. The topological polar surface area (TPSA) is 50.7 Å². The van der Waals surface area contributed by atoms with Crippen molar-refractivity contribution in [3.63, 3.8) is 0 Å². The van der Waals surface area contributed by atoms with Crippen molar-refractivity contribution >= 4 is 17.0 Å². The van der Waals surface area contributed by atoms with Crippen LogP contribution in [0.15, 0.2) is 24.3 Å². The summed E-state index contributed by atoms with van der Waals surface area (Å²) < 4.78 is 0. The van der Waals surface area contributed by atoms with E-state index in [0.717, 1.165) is 17.5 Å². The number of nitrogens with zero attached hydrogens (tertiary/aromatic N) is 3. The van der Waals surface area contributed by atoms with Gasteiger partial charge in [0.15, 0.2) is 0 Å². The first-order valence-electron chi connectivity index (χ1n) is 5.15. The van der Waals surface area contributed by atoms with E-state index in [-0.39, 0.29) is 6.04 Å². The van der Waals surface area contributed by atoms with Gasteiger partial charge in [-0.05, 0) is 18.6 Å². The SMILES string of the molecule is C#CC(CC)Nc1nnc2ccccc2n1. The first-order chi connectivity index (χ1) is 7.83. The number of rotatable bonds is 3. The Morgan fingerprint density at radius 3 is 2.75 bits per heavy atom. The molecule has 16 heavy (non-hydrogen) atoms. The van der Waals surface area contributed by atoms with Crippen LogP contribution in [0.4, 0.5) is 5.95 Å². The van der Waals surface area contributed by atoms with Gasteiger partial charge >= 0.3 is 0 Å². The van der Waals surface area contributed by atoms with Gasteiger partial charge in [-0.25, -0.2) is 4.98 Å². The quantitative estimate of drug-likeness (QED) is 0.789. The van der Waals surface area contributed by atoms with Gasteiger partial charge < -0.3 is 5.32 Å². The van der Waals surface area contributed by atoms with Gasteiger partial charge in [-0.1, -0.05) is 25.0 Å². The van der Waals surface area contributed by atoms with Crippen LogP contribution in [0.2, 0.25) is 0 Å². The molecular formula is C12H12N4. The smallest absolute Gasteiger partial charge is 0.244 e. The molecule has 1 heterocycles. The summed E-state index contributed by atoms with van der Waals surface area (Å²) >= 11 is 0. The first kappa shape index (κ1) is 10.4. The van der Waals surface area contributed by atoms with Gasteiger partial charge in [-0.15, -0.1) is 16.6 Å². The molecule has 2 rings (SSSR count). The summed E-state index contributed by atoms with van der Waals surface area (Å²) in [5.74, 6) is 3.10. The predicted molar refractivity (Wildman–Crippen MR) is 63.9 cm³/mol. The lowest BCUT2D eigenvalue weighted by atomic mass is 10.2. The predicted octanol–water partition coefficient (Wildman–Crippen LogP) is 1.85. The Morgan fingerprint density at radius 1 is 1.31 bits per heavy atom. The summed E-state index contributed by atoms with van der Waals surface area (Å²) in [6, 6.07) is 7.54. The number of fused-ring (bicyclic) bond motifs is 1. The molecule has 1 unspecified atom stereocenters. The molecule has 0 bridgehead atoms. The van der Waals surface area contributed by atoms with Crippen molar-refractivity contribution in [1.29, 1.82) is 0 Å². The fraction of sp³-hybridized carbons (Fsp3) is 0.250. The Morgan fingerprint density at radius 2 is 2.06 bits per heavy atom. The normalized spacial score (nSPS) is 12.0. The van der Waals surface area contributed by atoms with Crippen molar-refractivity contribution in [2.75, 3.05) is 5.32 Å². The lowest BCUT2D eigenvalue weighted by molar-refractivity contribution is 0.833. The number of nitrogens with one attached hydrogen (secondary N) is 1. The third-order valence-electron chi connectivity index (χ3n) is 2.27. The first-order valence-corrected chi connectivity index (χ1v) is 5.15.